The Hall–Kier alpha value is -3.41. The molecule has 0 aliphatic heterocycles. The van der Waals surface area contributed by atoms with Crippen molar-refractivity contribution in [2.24, 2.45) is 0 Å². The van der Waals surface area contributed by atoms with Crippen molar-refractivity contribution < 1.29 is 36.3 Å². The molecule has 0 heterocycles. The van der Waals surface area contributed by atoms with Crippen LogP contribution in [-0.4, -0.2) is 11.8 Å². The van der Waals surface area contributed by atoms with Crippen LogP contribution in [0.25, 0.3) is 0 Å². The van der Waals surface area contributed by atoms with E-state index in [1.807, 2.05) is 152 Å². The van der Waals surface area contributed by atoms with Crippen molar-refractivity contribution in [3.05, 3.63) is 179 Å². The smallest absolute Gasteiger partial charge is 0.323 e. The average molecular weight is 705 g/mol. The van der Waals surface area contributed by atoms with E-state index in [9.17, 15) is 13.7 Å². The zero-order valence-corrected chi connectivity index (χ0v) is 29.2. The monoisotopic (exact) mass is 704 g/mol. The summed E-state index contributed by atoms with van der Waals surface area (Å²) in [6, 6.07) is 46.0. The Bertz CT molecular complexity index is 1600. The van der Waals surface area contributed by atoms with Crippen molar-refractivity contribution >= 4 is 22.6 Å². The zero-order valence-electron chi connectivity index (χ0n) is 26.5. The van der Waals surface area contributed by atoms with Crippen LogP contribution in [0.3, 0.4) is 0 Å². The molecule has 0 N–H and O–H groups in total. The Labute approximate surface area is 282 Å². The van der Waals surface area contributed by atoms with E-state index < -0.39 is 34.4 Å². The molecule has 48 heavy (non-hydrogen) atoms. The van der Waals surface area contributed by atoms with Crippen LogP contribution < -0.4 is 0 Å². The van der Waals surface area contributed by atoms with Crippen molar-refractivity contribution in [1.82, 2.24) is 0 Å². The van der Waals surface area contributed by atoms with E-state index in [1.165, 1.54) is 0 Å². The summed E-state index contributed by atoms with van der Waals surface area (Å²) in [5, 5.41) is 0. The van der Waals surface area contributed by atoms with Gasteiger partial charge in [-0.05, 0) is 27.8 Å². The number of benzene rings is 5. The van der Waals surface area contributed by atoms with E-state index in [0.717, 1.165) is 27.8 Å². The van der Waals surface area contributed by atoms with Crippen LogP contribution in [0, 0.1) is 0 Å². The van der Waals surface area contributed by atoms with Gasteiger partial charge in [-0.2, -0.15) is 0 Å². The Kier molecular flexibility index (Phi) is 13.3. The average Bonchev–Trinajstić information content (AvgIpc) is 3.13. The third-order valence-electron chi connectivity index (χ3n) is 7.17. The van der Waals surface area contributed by atoms with Crippen molar-refractivity contribution in [3.8, 4) is 0 Å². The second-order valence-corrected chi connectivity index (χ2v) is 18.7. The van der Waals surface area contributed by atoms with E-state index in [-0.39, 0.29) is 33.0 Å². The largest absolute Gasteiger partial charge is 0.340 e. The Balaban J connectivity index is 1.44. The minimum atomic E-state index is -4.15. The predicted octanol–water partition coefficient (Wildman–Crippen LogP) is 10.6. The lowest BCUT2D eigenvalue weighted by Gasteiger charge is -2.27. The molecule has 0 aliphatic carbocycles. The SMILES string of the molecule is O=P(CP(=O)(OCc1ccccc1)OCc1ccccc1)(CP(=O)(OCc1ccccc1)OCc1ccccc1)OCc1ccccc1. The molecule has 0 saturated carbocycles. The molecule has 8 nitrogen and oxygen atoms in total. The number of hydrogen-bond acceptors (Lipinski definition) is 8. The van der Waals surface area contributed by atoms with Gasteiger partial charge in [-0.25, -0.2) is 0 Å². The fourth-order valence-electron chi connectivity index (χ4n) is 4.65. The van der Waals surface area contributed by atoms with Crippen LogP contribution in [-0.2, 0) is 69.3 Å². The van der Waals surface area contributed by atoms with Crippen LogP contribution in [0.2, 0.25) is 0 Å². The first-order chi connectivity index (χ1) is 23.3. The summed E-state index contributed by atoms with van der Waals surface area (Å²) in [5.74, 6) is -1.28. The summed E-state index contributed by atoms with van der Waals surface area (Å²) in [5.41, 5.74) is 3.75. The maximum absolute atomic E-state index is 15.0. The summed E-state index contributed by atoms with van der Waals surface area (Å²) in [7, 11) is -12.4. The Morgan fingerprint density at radius 1 is 0.312 bits per heavy atom. The summed E-state index contributed by atoms with van der Waals surface area (Å²) in [4.78, 5) is 0. The molecular formula is C37H39O8P3. The first-order valence-electron chi connectivity index (χ1n) is 15.5. The molecule has 0 atom stereocenters. The second kappa shape index (κ2) is 17.8. The van der Waals surface area contributed by atoms with Crippen molar-refractivity contribution in [3.63, 3.8) is 0 Å². The number of hydrogen-bond donors (Lipinski definition) is 0. The fourth-order valence-corrected chi connectivity index (χ4v) is 13.9. The van der Waals surface area contributed by atoms with Gasteiger partial charge in [-0.1, -0.05) is 152 Å². The molecule has 5 rings (SSSR count). The van der Waals surface area contributed by atoms with Gasteiger partial charge in [0.2, 0.25) is 7.37 Å². The molecule has 0 amide bonds. The summed E-state index contributed by atoms with van der Waals surface area (Å²) in [6.45, 7) is -0.320. The number of rotatable bonds is 19. The lowest BCUT2D eigenvalue weighted by molar-refractivity contribution is 0.191. The fraction of sp³-hybridized carbons (Fsp3) is 0.189. The van der Waals surface area contributed by atoms with Gasteiger partial charge in [0.1, 0.15) is 11.8 Å². The molecule has 5 aromatic carbocycles. The lowest BCUT2D eigenvalue weighted by Crippen LogP contribution is -2.09. The van der Waals surface area contributed by atoms with Crippen LogP contribution >= 0.6 is 22.6 Å². The molecule has 0 radical (unpaired) electrons. The van der Waals surface area contributed by atoms with Crippen LogP contribution in [0.4, 0.5) is 0 Å². The molecule has 250 valence electrons. The van der Waals surface area contributed by atoms with Crippen molar-refractivity contribution in [1.29, 1.82) is 0 Å². The second-order valence-electron chi connectivity index (χ2n) is 11.1. The van der Waals surface area contributed by atoms with Gasteiger partial charge in [0.15, 0.2) is 0 Å². The topological polar surface area (TPSA) is 97.4 Å². The van der Waals surface area contributed by atoms with Crippen LogP contribution in [0.15, 0.2) is 152 Å². The molecule has 0 bridgehead atoms. The van der Waals surface area contributed by atoms with Gasteiger partial charge in [-0.15, -0.1) is 0 Å². The minimum Gasteiger partial charge on any atom is -0.323 e. The van der Waals surface area contributed by atoms with E-state index >= 15 is 0 Å². The van der Waals surface area contributed by atoms with Gasteiger partial charge in [0.25, 0.3) is 0 Å². The minimum absolute atomic E-state index is 0.0573. The van der Waals surface area contributed by atoms with Crippen LogP contribution in [0.5, 0.6) is 0 Å². The van der Waals surface area contributed by atoms with Gasteiger partial charge < -0.3 is 22.6 Å². The quantitative estimate of drug-likeness (QED) is 0.0784. The summed E-state index contributed by atoms with van der Waals surface area (Å²) in [6.07, 6.45) is 0. The third-order valence-corrected chi connectivity index (χ3v) is 16.1. The van der Waals surface area contributed by atoms with Crippen molar-refractivity contribution in [2.75, 3.05) is 11.8 Å². The van der Waals surface area contributed by atoms with E-state index in [4.69, 9.17) is 22.6 Å². The molecule has 0 spiro atoms. The standard InChI is InChI=1S/C37H39O8P3/c38-46(41-26-33-16-6-1-7-17-33,31-47(39,42-27-34-18-8-2-9-19-34)43-28-35-20-10-3-11-21-35)32-48(40,44-29-36-22-12-4-13-23-36)45-30-37-24-14-5-15-25-37/h1-25H,26-32H2. The highest BCUT2D eigenvalue weighted by atomic mass is 31.3. The van der Waals surface area contributed by atoms with Gasteiger partial charge in [0, 0.05) is 0 Å². The highest BCUT2D eigenvalue weighted by molar-refractivity contribution is 7.80. The first-order valence-corrected chi connectivity index (χ1v) is 20.9. The zero-order chi connectivity index (χ0) is 33.5. The summed E-state index contributed by atoms with van der Waals surface area (Å²) >= 11 is 0. The highest BCUT2D eigenvalue weighted by Crippen LogP contribution is 2.71. The van der Waals surface area contributed by atoms with E-state index in [0.29, 0.717) is 0 Å². The highest BCUT2D eigenvalue weighted by Gasteiger charge is 2.44. The molecule has 11 heteroatoms. The molecular weight excluding hydrogens is 665 g/mol. The third kappa shape index (κ3) is 11.9. The Morgan fingerprint density at radius 3 is 0.750 bits per heavy atom. The van der Waals surface area contributed by atoms with Gasteiger partial charge >= 0.3 is 15.2 Å². The summed E-state index contributed by atoms with van der Waals surface area (Å²) < 4.78 is 74.1. The maximum Gasteiger partial charge on any atom is 0.340 e. The molecule has 0 aliphatic rings. The van der Waals surface area contributed by atoms with E-state index in [2.05, 4.69) is 0 Å². The molecule has 0 fully saturated rings. The maximum atomic E-state index is 15.0. The molecule has 5 aromatic rings. The molecule has 0 unspecified atom stereocenters. The lowest BCUT2D eigenvalue weighted by atomic mass is 10.2. The Morgan fingerprint density at radius 2 is 0.521 bits per heavy atom. The molecule has 0 aromatic heterocycles. The van der Waals surface area contributed by atoms with Gasteiger partial charge in [-0.3, -0.25) is 13.7 Å². The first kappa shape index (κ1) is 35.9. The van der Waals surface area contributed by atoms with E-state index in [1.54, 1.807) is 0 Å². The molecule has 0 saturated heterocycles. The normalized spacial score (nSPS) is 12.2. The van der Waals surface area contributed by atoms with Gasteiger partial charge in [0.05, 0.1) is 33.0 Å². The predicted molar refractivity (Wildman–Crippen MR) is 189 cm³/mol. The van der Waals surface area contributed by atoms with Crippen molar-refractivity contribution in [2.45, 2.75) is 33.0 Å². The van der Waals surface area contributed by atoms with Crippen LogP contribution in [0.1, 0.15) is 27.8 Å².